The molecule has 1 aliphatic rings. The van der Waals surface area contributed by atoms with Crippen LogP contribution in [-0.4, -0.2) is 25.8 Å². The summed E-state index contributed by atoms with van der Waals surface area (Å²) >= 11 is 0. The molecule has 6 heteroatoms. The summed E-state index contributed by atoms with van der Waals surface area (Å²) in [5, 5.41) is 15.9. The second-order valence-corrected chi connectivity index (χ2v) is 3.07. The third-order valence-corrected chi connectivity index (χ3v) is 2.32. The van der Waals surface area contributed by atoms with Gasteiger partial charge in [0.15, 0.2) is 0 Å². The van der Waals surface area contributed by atoms with E-state index in [-0.39, 0.29) is 18.3 Å². The maximum atomic E-state index is 10.5. The largest absolute Gasteiger partial charge is 0.481 e. The molecule has 0 radical (unpaired) electrons. The predicted octanol–water partition coefficient (Wildman–Crippen LogP) is 0.736. The van der Waals surface area contributed by atoms with Crippen LogP contribution < -0.4 is 0 Å². The number of rotatable bonds is 2. The highest BCUT2D eigenvalue weighted by molar-refractivity contribution is 5.85. The molecular formula is C7H10ClN3O2. The highest BCUT2D eigenvalue weighted by Crippen LogP contribution is 2.37. The molecule has 0 spiro atoms. The summed E-state index contributed by atoms with van der Waals surface area (Å²) in [4.78, 5) is 10.5. The fourth-order valence-corrected chi connectivity index (χ4v) is 1.43. The number of nitrogens with zero attached hydrogens (tertiary/aromatic N) is 3. The summed E-state index contributed by atoms with van der Waals surface area (Å²) in [5.74, 6) is -0.864. The summed E-state index contributed by atoms with van der Waals surface area (Å²) in [6.07, 6.45) is 4.66. The molecule has 0 unspecified atom stereocenters. The number of halogens is 1. The van der Waals surface area contributed by atoms with Crippen LogP contribution in [0.25, 0.3) is 0 Å². The van der Waals surface area contributed by atoms with Crippen molar-refractivity contribution in [1.29, 1.82) is 0 Å². The number of carboxylic acid groups (broad SMARTS) is 1. The summed E-state index contributed by atoms with van der Waals surface area (Å²) in [7, 11) is 0. The van der Waals surface area contributed by atoms with Crippen molar-refractivity contribution in [2.75, 3.05) is 0 Å². The van der Waals surface area contributed by atoms with E-state index in [1.807, 2.05) is 4.57 Å². The van der Waals surface area contributed by atoms with Crippen molar-refractivity contribution in [2.45, 2.75) is 18.9 Å². The highest BCUT2D eigenvalue weighted by atomic mass is 35.5. The van der Waals surface area contributed by atoms with E-state index in [2.05, 4.69) is 10.2 Å². The Morgan fingerprint density at radius 1 is 1.38 bits per heavy atom. The number of aliphatic carboxylic acids is 1. The van der Waals surface area contributed by atoms with E-state index in [9.17, 15) is 4.79 Å². The highest BCUT2D eigenvalue weighted by Gasteiger charge is 2.35. The van der Waals surface area contributed by atoms with Gasteiger partial charge in [0.1, 0.15) is 12.7 Å². The van der Waals surface area contributed by atoms with Crippen LogP contribution in [0.4, 0.5) is 0 Å². The van der Waals surface area contributed by atoms with Gasteiger partial charge in [-0.3, -0.25) is 4.79 Å². The van der Waals surface area contributed by atoms with Crippen LogP contribution in [0.2, 0.25) is 0 Å². The van der Waals surface area contributed by atoms with Gasteiger partial charge >= 0.3 is 5.97 Å². The number of hydrogen-bond donors (Lipinski definition) is 1. The third-order valence-electron chi connectivity index (χ3n) is 2.32. The van der Waals surface area contributed by atoms with Crippen molar-refractivity contribution in [1.82, 2.24) is 14.8 Å². The number of aromatic nitrogens is 3. The lowest BCUT2D eigenvalue weighted by atomic mass is 9.80. The first-order valence-corrected chi connectivity index (χ1v) is 3.84. The van der Waals surface area contributed by atoms with Crippen molar-refractivity contribution in [3.05, 3.63) is 12.7 Å². The zero-order valence-corrected chi connectivity index (χ0v) is 7.65. The summed E-state index contributed by atoms with van der Waals surface area (Å²) in [6.45, 7) is 0. The second kappa shape index (κ2) is 3.74. The Morgan fingerprint density at radius 2 is 1.92 bits per heavy atom. The number of hydrogen-bond acceptors (Lipinski definition) is 3. The van der Waals surface area contributed by atoms with Crippen molar-refractivity contribution in [2.24, 2.45) is 5.92 Å². The van der Waals surface area contributed by atoms with E-state index in [0.717, 1.165) is 0 Å². The lowest BCUT2D eigenvalue weighted by Gasteiger charge is -2.32. The van der Waals surface area contributed by atoms with E-state index in [1.165, 1.54) is 0 Å². The topological polar surface area (TPSA) is 68.0 Å². The molecule has 1 aromatic rings. The van der Waals surface area contributed by atoms with Gasteiger partial charge in [-0.25, -0.2) is 0 Å². The van der Waals surface area contributed by atoms with Crippen LogP contribution in [0.15, 0.2) is 12.7 Å². The van der Waals surface area contributed by atoms with Gasteiger partial charge in [0, 0.05) is 6.04 Å². The summed E-state index contributed by atoms with van der Waals surface area (Å²) in [5.41, 5.74) is 0. The SMILES string of the molecule is Cl.O=C(O)C1CC(n2cnnc2)C1. The fraction of sp³-hybridized carbons (Fsp3) is 0.571. The van der Waals surface area contributed by atoms with E-state index < -0.39 is 5.97 Å². The first-order valence-electron chi connectivity index (χ1n) is 3.84. The molecule has 0 aliphatic heterocycles. The van der Waals surface area contributed by atoms with Crippen molar-refractivity contribution in [3.63, 3.8) is 0 Å². The van der Waals surface area contributed by atoms with Gasteiger partial charge < -0.3 is 9.67 Å². The minimum Gasteiger partial charge on any atom is -0.481 e. The Balaban J connectivity index is 0.000000845. The first-order chi connectivity index (χ1) is 5.77. The minimum atomic E-state index is -0.695. The van der Waals surface area contributed by atoms with E-state index in [0.29, 0.717) is 18.9 Å². The van der Waals surface area contributed by atoms with E-state index in [4.69, 9.17) is 5.11 Å². The predicted molar refractivity (Wildman–Crippen MR) is 46.7 cm³/mol. The average Bonchev–Trinajstić information content (AvgIpc) is 2.34. The van der Waals surface area contributed by atoms with Gasteiger partial charge in [0.2, 0.25) is 0 Å². The summed E-state index contributed by atoms with van der Waals surface area (Å²) < 4.78 is 1.86. The van der Waals surface area contributed by atoms with Gasteiger partial charge in [-0.05, 0) is 12.8 Å². The van der Waals surface area contributed by atoms with Crippen molar-refractivity contribution in [3.8, 4) is 0 Å². The quantitative estimate of drug-likeness (QED) is 0.770. The minimum absolute atomic E-state index is 0. The Kier molecular flexibility index (Phi) is 2.87. The molecular weight excluding hydrogens is 194 g/mol. The van der Waals surface area contributed by atoms with Crippen molar-refractivity contribution >= 4 is 18.4 Å². The molecule has 1 heterocycles. The number of carbonyl (C=O) groups is 1. The lowest BCUT2D eigenvalue weighted by Crippen LogP contribution is -2.31. The molecule has 13 heavy (non-hydrogen) atoms. The maximum absolute atomic E-state index is 10.5. The molecule has 0 atom stereocenters. The van der Waals surface area contributed by atoms with Gasteiger partial charge in [0.25, 0.3) is 0 Å². The number of carboxylic acids is 1. The van der Waals surface area contributed by atoms with Gasteiger partial charge in [-0.2, -0.15) is 0 Å². The Labute approximate surface area is 81.2 Å². The molecule has 0 amide bonds. The van der Waals surface area contributed by atoms with Gasteiger partial charge in [-0.1, -0.05) is 0 Å². The molecule has 0 bridgehead atoms. The molecule has 2 rings (SSSR count). The van der Waals surface area contributed by atoms with Crippen LogP contribution in [0.1, 0.15) is 18.9 Å². The average molecular weight is 204 g/mol. The molecule has 0 saturated heterocycles. The Hall–Kier alpha value is -1.10. The molecule has 1 saturated carbocycles. The molecule has 1 fully saturated rings. The lowest BCUT2D eigenvalue weighted by molar-refractivity contribution is -0.146. The fourth-order valence-electron chi connectivity index (χ4n) is 1.43. The Bertz CT molecular complexity index is 282. The molecule has 1 aromatic heterocycles. The normalized spacial score (nSPS) is 25.8. The monoisotopic (exact) mass is 203 g/mol. The zero-order chi connectivity index (χ0) is 8.55. The molecule has 0 aromatic carbocycles. The standard InChI is InChI=1S/C7H9N3O2.ClH/c11-7(12)5-1-6(2-5)10-3-8-9-4-10;/h3-6H,1-2H2,(H,11,12);1H. The van der Waals surface area contributed by atoms with Crippen LogP contribution in [0, 0.1) is 5.92 Å². The molecule has 1 N–H and O–H groups in total. The maximum Gasteiger partial charge on any atom is 0.306 e. The molecule has 72 valence electrons. The second-order valence-electron chi connectivity index (χ2n) is 3.07. The van der Waals surface area contributed by atoms with Crippen LogP contribution in [0.3, 0.4) is 0 Å². The van der Waals surface area contributed by atoms with Crippen LogP contribution >= 0.6 is 12.4 Å². The molecule has 1 aliphatic carbocycles. The summed E-state index contributed by atoms with van der Waals surface area (Å²) in [6, 6.07) is 0.293. The van der Waals surface area contributed by atoms with Crippen LogP contribution in [-0.2, 0) is 4.79 Å². The zero-order valence-electron chi connectivity index (χ0n) is 6.83. The third kappa shape index (κ3) is 1.80. The van der Waals surface area contributed by atoms with Gasteiger partial charge in [0.05, 0.1) is 5.92 Å². The van der Waals surface area contributed by atoms with Crippen molar-refractivity contribution < 1.29 is 9.90 Å². The first kappa shape index (κ1) is 9.98. The van der Waals surface area contributed by atoms with Crippen LogP contribution in [0.5, 0.6) is 0 Å². The van der Waals surface area contributed by atoms with E-state index >= 15 is 0 Å². The molecule has 5 nitrogen and oxygen atoms in total. The Morgan fingerprint density at radius 3 is 2.38 bits per heavy atom. The smallest absolute Gasteiger partial charge is 0.306 e. The van der Waals surface area contributed by atoms with Gasteiger partial charge in [-0.15, -0.1) is 22.6 Å². The van der Waals surface area contributed by atoms with E-state index in [1.54, 1.807) is 12.7 Å².